The van der Waals surface area contributed by atoms with E-state index in [1.54, 1.807) is 50.9 Å². The molecule has 0 spiro atoms. The lowest BCUT2D eigenvalue weighted by molar-refractivity contribution is -0.116. The second-order valence-corrected chi connectivity index (χ2v) is 6.27. The van der Waals surface area contributed by atoms with E-state index in [1.165, 1.54) is 10.7 Å². The first-order valence-electron chi connectivity index (χ1n) is 9.10. The summed E-state index contributed by atoms with van der Waals surface area (Å²) in [6.07, 6.45) is 4.07. The van der Waals surface area contributed by atoms with Gasteiger partial charge in [0.2, 0.25) is 5.91 Å². The number of rotatable bonds is 8. The van der Waals surface area contributed by atoms with Crippen LogP contribution in [0.5, 0.6) is 11.5 Å². The van der Waals surface area contributed by atoms with E-state index >= 15 is 0 Å². The monoisotopic (exact) mass is 394 g/mol. The lowest BCUT2D eigenvalue weighted by atomic mass is 10.2. The van der Waals surface area contributed by atoms with Crippen LogP contribution in [0.4, 0.5) is 5.69 Å². The number of aromatic nitrogens is 3. The number of aryl methyl sites for hydroxylation is 1. The van der Waals surface area contributed by atoms with Gasteiger partial charge in [-0.15, -0.1) is 0 Å². The first-order chi connectivity index (χ1) is 14.1. The van der Waals surface area contributed by atoms with Crippen molar-refractivity contribution in [3.8, 4) is 22.8 Å². The molecule has 0 radical (unpaired) electrons. The molecule has 0 bridgehead atoms. The van der Waals surface area contributed by atoms with E-state index in [2.05, 4.69) is 15.4 Å². The molecule has 0 aliphatic heterocycles. The second-order valence-electron chi connectivity index (χ2n) is 6.27. The Balaban J connectivity index is 1.60. The molecule has 0 saturated heterocycles. The van der Waals surface area contributed by atoms with Crippen LogP contribution in [0.15, 0.2) is 59.7 Å². The second kappa shape index (κ2) is 9.50. The van der Waals surface area contributed by atoms with Crippen molar-refractivity contribution in [3.63, 3.8) is 0 Å². The number of anilines is 1. The van der Waals surface area contributed by atoms with Gasteiger partial charge in [0.1, 0.15) is 11.5 Å². The van der Waals surface area contributed by atoms with E-state index < -0.39 is 0 Å². The van der Waals surface area contributed by atoms with Crippen LogP contribution in [-0.2, 0) is 11.3 Å². The lowest BCUT2D eigenvalue weighted by Gasteiger charge is -2.10. The molecule has 8 nitrogen and oxygen atoms in total. The van der Waals surface area contributed by atoms with Crippen molar-refractivity contribution >= 4 is 11.6 Å². The molecule has 0 aliphatic rings. The molecule has 1 aromatic carbocycles. The largest absolute Gasteiger partial charge is 0.497 e. The van der Waals surface area contributed by atoms with Gasteiger partial charge in [0.05, 0.1) is 19.9 Å². The minimum atomic E-state index is -0.212. The maximum Gasteiger partial charge on any atom is 0.266 e. The van der Waals surface area contributed by atoms with Crippen LogP contribution in [0.3, 0.4) is 0 Å². The summed E-state index contributed by atoms with van der Waals surface area (Å²) in [6.45, 7) is 0.335. The average molecular weight is 394 g/mol. The van der Waals surface area contributed by atoms with Crippen molar-refractivity contribution in [2.75, 3.05) is 19.5 Å². The molecule has 0 saturated carbocycles. The van der Waals surface area contributed by atoms with Crippen LogP contribution >= 0.6 is 0 Å². The number of ether oxygens (including phenoxy) is 2. The zero-order valence-electron chi connectivity index (χ0n) is 16.3. The van der Waals surface area contributed by atoms with Crippen LogP contribution < -0.4 is 20.3 Å². The maximum absolute atomic E-state index is 12.3. The molecular weight excluding hydrogens is 372 g/mol. The van der Waals surface area contributed by atoms with Gasteiger partial charge in [-0.25, -0.2) is 4.68 Å². The molecular formula is C21H22N4O4. The van der Waals surface area contributed by atoms with E-state index in [1.807, 2.05) is 12.1 Å². The van der Waals surface area contributed by atoms with Crippen LogP contribution in [0.25, 0.3) is 11.3 Å². The summed E-state index contributed by atoms with van der Waals surface area (Å²) in [7, 11) is 3.09. The smallest absolute Gasteiger partial charge is 0.266 e. The number of benzene rings is 1. The highest BCUT2D eigenvalue weighted by atomic mass is 16.5. The molecule has 1 amide bonds. The van der Waals surface area contributed by atoms with E-state index in [4.69, 9.17) is 9.47 Å². The minimum Gasteiger partial charge on any atom is -0.497 e. The van der Waals surface area contributed by atoms with E-state index in [0.717, 1.165) is 5.56 Å². The first-order valence-corrected chi connectivity index (χ1v) is 9.10. The number of methoxy groups -OCH3 is 2. The molecule has 29 heavy (non-hydrogen) atoms. The van der Waals surface area contributed by atoms with Crippen LogP contribution in [-0.4, -0.2) is 34.9 Å². The molecule has 8 heteroatoms. The van der Waals surface area contributed by atoms with Gasteiger partial charge in [-0.1, -0.05) is 0 Å². The maximum atomic E-state index is 12.3. The fourth-order valence-corrected chi connectivity index (χ4v) is 2.77. The summed E-state index contributed by atoms with van der Waals surface area (Å²) in [5.41, 5.74) is 1.85. The van der Waals surface area contributed by atoms with Gasteiger partial charge in [-0.2, -0.15) is 5.10 Å². The van der Waals surface area contributed by atoms with E-state index in [9.17, 15) is 9.59 Å². The number of pyridine rings is 1. The van der Waals surface area contributed by atoms with Crippen molar-refractivity contribution < 1.29 is 14.3 Å². The minimum absolute atomic E-state index is 0.170. The van der Waals surface area contributed by atoms with Crippen molar-refractivity contribution in [2.24, 2.45) is 0 Å². The van der Waals surface area contributed by atoms with Gasteiger partial charge in [0, 0.05) is 60.9 Å². The standard InChI is InChI=1S/C21H22N4O4/c1-28-17-11-16(12-18(13-17)29-2)23-20(26)6-4-10-25-21(27)8-7-19(24-25)15-5-3-9-22-14-15/h3,5,7-9,11-14H,4,6,10H2,1-2H3,(H,23,26). The van der Waals surface area contributed by atoms with E-state index in [0.29, 0.717) is 35.8 Å². The summed E-state index contributed by atoms with van der Waals surface area (Å²) < 4.78 is 11.8. The molecule has 2 aromatic heterocycles. The summed E-state index contributed by atoms with van der Waals surface area (Å²) >= 11 is 0. The van der Waals surface area contributed by atoms with Crippen molar-refractivity contribution in [2.45, 2.75) is 19.4 Å². The fraction of sp³-hybridized carbons (Fsp3) is 0.238. The number of nitrogens with one attached hydrogen (secondary N) is 1. The number of hydrogen-bond acceptors (Lipinski definition) is 6. The molecule has 1 N–H and O–H groups in total. The van der Waals surface area contributed by atoms with Gasteiger partial charge in [-0.3, -0.25) is 14.6 Å². The van der Waals surface area contributed by atoms with Crippen molar-refractivity contribution in [1.29, 1.82) is 0 Å². The third-order valence-corrected chi connectivity index (χ3v) is 4.23. The highest BCUT2D eigenvalue weighted by Gasteiger charge is 2.08. The zero-order chi connectivity index (χ0) is 20.6. The molecule has 0 atom stereocenters. The van der Waals surface area contributed by atoms with Crippen LogP contribution in [0, 0.1) is 0 Å². The van der Waals surface area contributed by atoms with Gasteiger partial charge in [-0.05, 0) is 24.6 Å². The Hall–Kier alpha value is -3.68. The quantitative estimate of drug-likeness (QED) is 0.631. The fourth-order valence-electron chi connectivity index (χ4n) is 2.77. The first kappa shape index (κ1) is 20.1. The number of carbonyl (C=O) groups is 1. The van der Waals surface area contributed by atoms with Gasteiger partial charge in [0.15, 0.2) is 0 Å². The Morgan fingerprint density at radius 2 is 1.86 bits per heavy atom. The Morgan fingerprint density at radius 1 is 1.10 bits per heavy atom. The molecule has 0 unspecified atom stereocenters. The normalized spacial score (nSPS) is 10.4. The summed E-state index contributed by atoms with van der Waals surface area (Å²) in [5.74, 6) is 1.00. The Bertz CT molecular complexity index is 1010. The predicted molar refractivity (Wildman–Crippen MR) is 109 cm³/mol. The van der Waals surface area contributed by atoms with Gasteiger partial charge in [0.25, 0.3) is 5.56 Å². The molecule has 2 heterocycles. The van der Waals surface area contributed by atoms with Gasteiger partial charge >= 0.3 is 0 Å². The molecule has 3 aromatic rings. The van der Waals surface area contributed by atoms with Gasteiger partial charge < -0.3 is 14.8 Å². The van der Waals surface area contributed by atoms with E-state index in [-0.39, 0.29) is 17.9 Å². The average Bonchev–Trinajstić information content (AvgIpc) is 2.75. The van der Waals surface area contributed by atoms with Crippen LogP contribution in [0.2, 0.25) is 0 Å². The SMILES string of the molecule is COc1cc(NC(=O)CCCn2nc(-c3cccnc3)ccc2=O)cc(OC)c1. The highest BCUT2D eigenvalue weighted by Crippen LogP contribution is 2.25. The number of amides is 1. The predicted octanol–water partition coefficient (Wildman–Crippen LogP) is 2.74. The Kier molecular flexibility index (Phi) is 6.57. The lowest BCUT2D eigenvalue weighted by Crippen LogP contribution is -2.23. The molecule has 0 aliphatic carbocycles. The summed E-state index contributed by atoms with van der Waals surface area (Å²) in [6, 6.07) is 12.0. The van der Waals surface area contributed by atoms with Crippen LogP contribution in [0.1, 0.15) is 12.8 Å². The third kappa shape index (κ3) is 5.41. The molecule has 3 rings (SSSR count). The Morgan fingerprint density at radius 3 is 2.52 bits per heavy atom. The molecule has 150 valence electrons. The zero-order valence-corrected chi connectivity index (χ0v) is 16.3. The van der Waals surface area contributed by atoms with Crippen molar-refractivity contribution in [3.05, 3.63) is 65.2 Å². The Labute approximate surface area is 168 Å². The number of carbonyl (C=O) groups excluding carboxylic acids is 1. The summed E-state index contributed by atoms with van der Waals surface area (Å²) in [4.78, 5) is 28.4. The number of nitrogens with zero attached hydrogens (tertiary/aromatic N) is 3. The third-order valence-electron chi connectivity index (χ3n) is 4.23. The topological polar surface area (TPSA) is 95.3 Å². The number of hydrogen-bond donors (Lipinski definition) is 1. The highest BCUT2D eigenvalue weighted by molar-refractivity contribution is 5.91. The molecule has 0 fully saturated rings. The summed E-state index contributed by atoms with van der Waals surface area (Å²) in [5, 5.41) is 7.18. The van der Waals surface area contributed by atoms with Crippen molar-refractivity contribution in [1.82, 2.24) is 14.8 Å².